The fourth-order valence-corrected chi connectivity index (χ4v) is 4.67. The van der Waals surface area contributed by atoms with Crippen LogP contribution >= 0.6 is 0 Å². The summed E-state index contributed by atoms with van der Waals surface area (Å²) in [5, 5.41) is 9.37. The van der Waals surface area contributed by atoms with E-state index in [2.05, 4.69) is 27.9 Å². The third-order valence-electron chi connectivity index (χ3n) is 5.92. The van der Waals surface area contributed by atoms with E-state index in [1.54, 1.807) is 12.4 Å². The quantitative estimate of drug-likeness (QED) is 0.695. The predicted molar refractivity (Wildman–Crippen MR) is 113 cm³/mol. The van der Waals surface area contributed by atoms with Gasteiger partial charge in [-0.3, -0.25) is 14.8 Å². The summed E-state index contributed by atoms with van der Waals surface area (Å²) in [4.78, 5) is 23.6. The van der Waals surface area contributed by atoms with Gasteiger partial charge in [-0.05, 0) is 43.2 Å². The Labute approximate surface area is 177 Å². The normalized spacial score (nSPS) is 24.1. The van der Waals surface area contributed by atoms with Gasteiger partial charge in [0.15, 0.2) is 5.78 Å². The largest absolute Gasteiger partial charge is 0.376 e. The number of anilines is 1. The van der Waals surface area contributed by atoms with Gasteiger partial charge >= 0.3 is 0 Å². The summed E-state index contributed by atoms with van der Waals surface area (Å²) >= 11 is 0. The first-order chi connectivity index (χ1) is 14.6. The third kappa shape index (κ3) is 4.77. The van der Waals surface area contributed by atoms with Crippen molar-refractivity contribution in [2.45, 2.75) is 38.7 Å². The molecule has 4 rings (SSSR count). The molecule has 7 heteroatoms. The van der Waals surface area contributed by atoms with Crippen LogP contribution in [-0.4, -0.2) is 54.8 Å². The number of benzene rings is 1. The average molecular weight is 409 g/mol. The van der Waals surface area contributed by atoms with Crippen LogP contribution in [0.3, 0.4) is 0 Å². The molecule has 2 fully saturated rings. The monoisotopic (exact) mass is 408 g/mol. The van der Waals surface area contributed by atoms with Crippen LogP contribution in [-0.2, 0) is 14.3 Å². The van der Waals surface area contributed by atoms with Gasteiger partial charge in [0.2, 0.25) is 0 Å². The summed E-state index contributed by atoms with van der Waals surface area (Å²) in [6, 6.07) is 5.96. The van der Waals surface area contributed by atoms with Crippen LogP contribution in [0.4, 0.5) is 5.69 Å². The number of ether oxygens (including phenoxy) is 2. The maximum atomic E-state index is 12.5. The van der Waals surface area contributed by atoms with Gasteiger partial charge in [-0.15, -0.1) is 0 Å². The minimum Gasteiger partial charge on any atom is -0.376 e. The highest BCUT2D eigenvalue weighted by molar-refractivity contribution is 5.92. The van der Waals surface area contributed by atoms with Crippen molar-refractivity contribution >= 4 is 22.5 Å². The molecule has 0 aliphatic carbocycles. The van der Waals surface area contributed by atoms with Gasteiger partial charge in [0.1, 0.15) is 23.7 Å². The van der Waals surface area contributed by atoms with Gasteiger partial charge in [-0.1, -0.05) is 6.92 Å². The maximum Gasteiger partial charge on any atom is 0.158 e. The lowest BCUT2D eigenvalue weighted by molar-refractivity contribution is -0.125. The highest BCUT2D eigenvalue weighted by Gasteiger charge is 2.28. The van der Waals surface area contributed by atoms with E-state index >= 15 is 0 Å². The number of carbonyl (C=O) groups is 1. The first-order valence-electron chi connectivity index (χ1n) is 10.7. The van der Waals surface area contributed by atoms with Crippen molar-refractivity contribution < 1.29 is 14.3 Å². The first-order valence-corrected chi connectivity index (χ1v) is 10.7. The Kier molecular flexibility index (Phi) is 6.56. The number of hydrogen-bond donors (Lipinski definition) is 0. The second-order valence-corrected chi connectivity index (χ2v) is 8.50. The van der Waals surface area contributed by atoms with Gasteiger partial charge in [-0.2, -0.15) is 5.26 Å². The lowest BCUT2D eigenvalue weighted by Gasteiger charge is -2.38. The number of aromatic nitrogens is 2. The van der Waals surface area contributed by atoms with E-state index in [4.69, 9.17) is 9.47 Å². The van der Waals surface area contributed by atoms with E-state index < -0.39 is 0 Å². The van der Waals surface area contributed by atoms with Crippen molar-refractivity contribution in [3.8, 4) is 6.07 Å². The van der Waals surface area contributed by atoms with E-state index in [0.717, 1.165) is 50.2 Å². The summed E-state index contributed by atoms with van der Waals surface area (Å²) in [5.74, 6) is 0.887. The highest BCUT2D eigenvalue weighted by atomic mass is 16.5. The molecular formula is C23H28N4O3. The number of ketones is 1. The topological polar surface area (TPSA) is 88.3 Å². The van der Waals surface area contributed by atoms with Gasteiger partial charge in [0.25, 0.3) is 0 Å². The Hall–Kier alpha value is -2.56. The molecule has 3 heterocycles. The molecule has 2 aromatic rings. The zero-order valence-electron chi connectivity index (χ0n) is 17.4. The molecule has 30 heavy (non-hydrogen) atoms. The van der Waals surface area contributed by atoms with Crippen molar-refractivity contribution in [3.63, 3.8) is 0 Å². The van der Waals surface area contributed by atoms with Crippen LogP contribution in [0.1, 0.15) is 38.2 Å². The summed E-state index contributed by atoms with van der Waals surface area (Å²) < 4.78 is 11.1. The van der Waals surface area contributed by atoms with Gasteiger partial charge in [0.05, 0.1) is 24.0 Å². The highest BCUT2D eigenvalue weighted by Crippen LogP contribution is 2.32. The minimum atomic E-state index is 0.147. The number of Topliss-reactive ketones (excluding diaryl/α,β-unsaturated/α-hetero) is 1. The van der Waals surface area contributed by atoms with Crippen molar-refractivity contribution in [2.75, 3.05) is 37.8 Å². The second-order valence-electron chi connectivity index (χ2n) is 8.50. The van der Waals surface area contributed by atoms with Crippen LogP contribution in [0.15, 0.2) is 24.5 Å². The SMILES string of the molecule is C[C@H]1C[C@@H](CC(=O)COCC2CCCO2)CN(c2ccc(C#N)c3nccnc23)C1. The smallest absolute Gasteiger partial charge is 0.158 e. The standard InChI is InChI=1S/C23H28N4O3/c1-16-9-17(10-19(28)14-29-15-20-3-2-8-30-20)13-27(12-16)21-5-4-18(11-24)22-23(21)26-7-6-25-22/h4-7,16-17,20H,2-3,8-10,12-15H2,1H3/t16-,17-,20?/m0/s1. The molecule has 1 aromatic carbocycles. The van der Waals surface area contributed by atoms with Crippen molar-refractivity contribution in [2.24, 2.45) is 11.8 Å². The number of piperidine rings is 1. The average Bonchev–Trinajstić information content (AvgIpc) is 3.26. The Morgan fingerprint density at radius 2 is 2.13 bits per heavy atom. The molecule has 2 aliphatic heterocycles. The summed E-state index contributed by atoms with van der Waals surface area (Å²) in [6.07, 6.45) is 7.06. The fraction of sp³-hybridized carbons (Fsp3) is 0.565. The number of hydrogen-bond acceptors (Lipinski definition) is 7. The van der Waals surface area contributed by atoms with Gasteiger partial charge in [0, 0.05) is 38.5 Å². The molecule has 3 atom stereocenters. The molecule has 0 amide bonds. The van der Waals surface area contributed by atoms with Crippen molar-refractivity contribution in [3.05, 3.63) is 30.1 Å². The zero-order chi connectivity index (χ0) is 20.9. The van der Waals surface area contributed by atoms with Crippen molar-refractivity contribution in [1.82, 2.24) is 9.97 Å². The molecule has 0 N–H and O–H groups in total. The molecule has 2 aliphatic rings. The minimum absolute atomic E-state index is 0.147. The molecule has 158 valence electrons. The molecular weight excluding hydrogens is 380 g/mol. The summed E-state index contributed by atoms with van der Waals surface area (Å²) in [7, 11) is 0. The van der Waals surface area contributed by atoms with Gasteiger partial charge < -0.3 is 14.4 Å². The van der Waals surface area contributed by atoms with Gasteiger partial charge in [-0.25, -0.2) is 0 Å². The Balaban J connectivity index is 1.40. The number of fused-ring (bicyclic) bond motifs is 1. The summed E-state index contributed by atoms with van der Waals surface area (Å²) in [6.45, 7) is 5.38. The van der Waals surface area contributed by atoms with Crippen LogP contribution in [0.2, 0.25) is 0 Å². The maximum absolute atomic E-state index is 12.5. The molecule has 0 radical (unpaired) electrons. The van der Waals surface area contributed by atoms with Crippen LogP contribution in [0, 0.1) is 23.2 Å². The molecule has 0 spiro atoms. The fourth-order valence-electron chi connectivity index (χ4n) is 4.67. The number of nitriles is 1. The Bertz CT molecular complexity index is 936. The lowest BCUT2D eigenvalue weighted by Crippen LogP contribution is -2.41. The molecule has 1 unspecified atom stereocenters. The van der Waals surface area contributed by atoms with Crippen molar-refractivity contribution in [1.29, 1.82) is 5.26 Å². The van der Waals surface area contributed by atoms with E-state index in [0.29, 0.717) is 30.0 Å². The second kappa shape index (κ2) is 9.50. The molecule has 2 saturated heterocycles. The summed E-state index contributed by atoms with van der Waals surface area (Å²) in [5.41, 5.74) is 2.89. The number of carbonyl (C=O) groups excluding carboxylic acids is 1. The van der Waals surface area contributed by atoms with E-state index in [1.165, 1.54) is 0 Å². The van der Waals surface area contributed by atoms with E-state index in [9.17, 15) is 10.1 Å². The number of rotatable bonds is 7. The molecule has 0 saturated carbocycles. The molecule has 1 aromatic heterocycles. The first kappa shape index (κ1) is 20.7. The number of nitrogens with zero attached hydrogens (tertiary/aromatic N) is 4. The van der Waals surface area contributed by atoms with Crippen LogP contribution in [0.25, 0.3) is 11.0 Å². The lowest BCUT2D eigenvalue weighted by atomic mass is 9.86. The third-order valence-corrected chi connectivity index (χ3v) is 5.92. The van der Waals surface area contributed by atoms with E-state index in [-0.39, 0.29) is 24.4 Å². The molecule has 0 bridgehead atoms. The zero-order valence-corrected chi connectivity index (χ0v) is 17.4. The van der Waals surface area contributed by atoms with E-state index in [1.807, 2.05) is 12.1 Å². The van der Waals surface area contributed by atoms with Crippen LogP contribution < -0.4 is 4.90 Å². The molecule has 7 nitrogen and oxygen atoms in total. The van der Waals surface area contributed by atoms with Crippen LogP contribution in [0.5, 0.6) is 0 Å². The Morgan fingerprint density at radius 3 is 2.90 bits per heavy atom. The Morgan fingerprint density at radius 1 is 1.30 bits per heavy atom. The predicted octanol–water partition coefficient (Wildman–Crippen LogP) is 3.12.